The van der Waals surface area contributed by atoms with Gasteiger partial charge in [-0.15, -0.1) is 0 Å². The fourth-order valence-electron chi connectivity index (χ4n) is 11.5. The molecule has 0 nitrogen and oxygen atoms in total. The summed E-state index contributed by atoms with van der Waals surface area (Å²) in [5.41, 5.74) is 1.77. The maximum absolute atomic E-state index is 2.71. The molecule has 46 heavy (non-hydrogen) atoms. The molecule has 0 aromatic carbocycles. The van der Waals surface area contributed by atoms with Crippen LogP contribution < -0.4 is 0 Å². The lowest BCUT2D eigenvalue weighted by molar-refractivity contribution is -0.0903. The van der Waals surface area contributed by atoms with E-state index in [1.165, 1.54) is 38.5 Å². The van der Waals surface area contributed by atoms with Gasteiger partial charge < -0.3 is 0 Å². The van der Waals surface area contributed by atoms with Crippen molar-refractivity contribution in [3.63, 3.8) is 0 Å². The molecule has 0 spiro atoms. The summed E-state index contributed by atoms with van der Waals surface area (Å²) in [6.07, 6.45) is 7.67. The Hall–Kier alpha value is 0. The Kier molecular flexibility index (Phi) is 16.8. The maximum Gasteiger partial charge on any atom is -0.0267 e. The molecule has 0 bridgehead atoms. The summed E-state index contributed by atoms with van der Waals surface area (Å²) in [5.74, 6) is 6.84. The molecule has 0 radical (unpaired) electrons. The lowest BCUT2D eigenvalue weighted by Crippen LogP contribution is -2.51. The van der Waals surface area contributed by atoms with Crippen LogP contribution in [0, 0.1) is 91.7 Å². The highest BCUT2D eigenvalue weighted by molar-refractivity contribution is 5.01. The molecule has 0 aromatic heterocycles. The van der Waals surface area contributed by atoms with Gasteiger partial charge in [0.15, 0.2) is 0 Å². The third-order valence-corrected chi connectivity index (χ3v) is 15.9. The van der Waals surface area contributed by atoms with Crippen LogP contribution in [-0.2, 0) is 0 Å². The van der Waals surface area contributed by atoms with Gasteiger partial charge in [0.2, 0.25) is 0 Å². The zero-order chi connectivity index (χ0) is 37.0. The molecule has 0 aliphatic carbocycles. The molecule has 10 atom stereocenters. The van der Waals surface area contributed by atoms with Crippen LogP contribution in [-0.4, -0.2) is 0 Å². The van der Waals surface area contributed by atoms with Crippen molar-refractivity contribution in [2.24, 2.45) is 91.7 Å². The molecule has 0 aliphatic rings. The van der Waals surface area contributed by atoms with Gasteiger partial charge in [-0.05, 0) is 98.1 Å². The highest BCUT2D eigenvalue weighted by Crippen LogP contribution is 2.60. The third-order valence-electron chi connectivity index (χ3n) is 15.9. The van der Waals surface area contributed by atoms with Gasteiger partial charge in [0.1, 0.15) is 0 Å². The van der Waals surface area contributed by atoms with Crippen molar-refractivity contribution in [3.8, 4) is 0 Å². The molecule has 0 N–H and O–H groups in total. The zero-order valence-corrected chi connectivity index (χ0v) is 37.0. The molecule has 0 heterocycles. The molecule has 0 fully saturated rings. The smallest absolute Gasteiger partial charge is 0.0267 e. The maximum atomic E-state index is 2.71. The first-order chi connectivity index (χ1) is 20.5. The number of hydrogen-bond acceptors (Lipinski definition) is 0. The van der Waals surface area contributed by atoms with Gasteiger partial charge in [-0.1, -0.05) is 198 Å². The first kappa shape index (κ1) is 46.0. The van der Waals surface area contributed by atoms with E-state index >= 15 is 0 Å². The minimum atomic E-state index is 0.218. The molecule has 0 amide bonds. The average Bonchev–Trinajstić information content (AvgIpc) is 2.89. The summed E-state index contributed by atoms with van der Waals surface area (Å²) < 4.78 is 0. The molecule has 0 aromatic rings. The van der Waals surface area contributed by atoms with E-state index in [0.29, 0.717) is 69.0 Å². The van der Waals surface area contributed by atoms with Crippen molar-refractivity contribution in [1.29, 1.82) is 0 Å². The Morgan fingerprint density at radius 2 is 0.891 bits per heavy atom. The van der Waals surface area contributed by atoms with Crippen molar-refractivity contribution in [3.05, 3.63) is 0 Å². The molecule has 0 aliphatic heterocycles. The Morgan fingerprint density at radius 1 is 0.457 bits per heavy atom. The van der Waals surface area contributed by atoms with E-state index in [9.17, 15) is 0 Å². The molecule has 0 saturated heterocycles. The van der Waals surface area contributed by atoms with Crippen LogP contribution in [0.2, 0.25) is 0 Å². The SMILES string of the molecule is CCC(C(C)C(C(C)C(C)C(C(C)C(CC)C(C)(CC(C)(C)CC)C(C)C)C(C)(C)CC)C(C)(C)C(C)(C)C)C(CC)C(C)(C)C. The zero-order valence-electron chi connectivity index (χ0n) is 37.0. The largest absolute Gasteiger partial charge is 0.0651 e. The van der Waals surface area contributed by atoms with Gasteiger partial charge in [0.25, 0.3) is 0 Å². The van der Waals surface area contributed by atoms with E-state index in [4.69, 9.17) is 0 Å². The van der Waals surface area contributed by atoms with Crippen LogP contribution in [0.4, 0.5) is 0 Å². The summed E-state index contributed by atoms with van der Waals surface area (Å²) in [7, 11) is 0. The van der Waals surface area contributed by atoms with Crippen LogP contribution in [0.1, 0.15) is 205 Å². The van der Waals surface area contributed by atoms with Crippen molar-refractivity contribution >= 4 is 0 Å². The fraction of sp³-hybridized carbons (Fsp3) is 1.00. The predicted octanol–water partition coefficient (Wildman–Crippen LogP) is 15.9. The van der Waals surface area contributed by atoms with Gasteiger partial charge in [0.05, 0.1) is 0 Å². The van der Waals surface area contributed by atoms with Gasteiger partial charge in [-0.2, -0.15) is 0 Å². The molecule has 278 valence electrons. The van der Waals surface area contributed by atoms with Gasteiger partial charge in [0, 0.05) is 0 Å². The first-order valence-electron chi connectivity index (χ1n) is 20.5. The molecular formula is C46H94. The van der Waals surface area contributed by atoms with E-state index in [1.807, 2.05) is 0 Å². The minimum Gasteiger partial charge on any atom is -0.0651 e. The van der Waals surface area contributed by atoms with Crippen LogP contribution in [0.25, 0.3) is 0 Å². The quantitative estimate of drug-likeness (QED) is 0.131. The highest BCUT2D eigenvalue weighted by atomic mass is 14.6. The Bertz CT molecular complexity index is 855. The average molecular weight is 647 g/mol. The van der Waals surface area contributed by atoms with Crippen LogP contribution in [0.3, 0.4) is 0 Å². The standard InChI is InChI=1S/C46H94/c1-25-36(38(27-3)41(12,13)14)34(10)40(45(22,23)42(15,16)17)33(9)32(8)39(44(20,21)29-5)35(11)37(26-2)46(24,31(6)7)30-43(18,19)28-4/h31-40H,25-30H2,1-24H3. The van der Waals surface area contributed by atoms with E-state index < -0.39 is 0 Å². The molecular weight excluding hydrogens is 553 g/mol. The lowest BCUT2D eigenvalue weighted by Gasteiger charge is -2.57. The Balaban J connectivity index is 7.45. The molecule has 0 heteroatoms. The van der Waals surface area contributed by atoms with E-state index in [-0.39, 0.29) is 10.8 Å². The summed E-state index contributed by atoms with van der Waals surface area (Å²) in [6, 6.07) is 0. The summed E-state index contributed by atoms with van der Waals surface area (Å²) in [6.45, 7) is 61.6. The topological polar surface area (TPSA) is 0 Å². The van der Waals surface area contributed by atoms with Crippen molar-refractivity contribution in [2.45, 2.75) is 205 Å². The molecule has 0 saturated carbocycles. The number of hydrogen-bond donors (Lipinski definition) is 0. The highest BCUT2D eigenvalue weighted by Gasteiger charge is 2.53. The van der Waals surface area contributed by atoms with Gasteiger partial charge in [-0.3, -0.25) is 0 Å². The van der Waals surface area contributed by atoms with Gasteiger partial charge in [-0.25, -0.2) is 0 Å². The van der Waals surface area contributed by atoms with E-state index in [2.05, 4.69) is 166 Å². The Labute approximate surface area is 295 Å². The molecule has 10 unspecified atom stereocenters. The Morgan fingerprint density at radius 3 is 1.20 bits per heavy atom. The normalized spacial score (nSPS) is 21.6. The summed E-state index contributed by atoms with van der Waals surface area (Å²) in [4.78, 5) is 0. The fourth-order valence-corrected chi connectivity index (χ4v) is 11.5. The van der Waals surface area contributed by atoms with Gasteiger partial charge >= 0.3 is 0 Å². The third kappa shape index (κ3) is 10.3. The van der Waals surface area contributed by atoms with E-state index in [0.717, 1.165) is 11.8 Å². The van der Waals surface area contributed by atoms with Crippen LogP contribution >= 0.6 is 0 Å². The van der Waals surface area contributed by atoms with Crippen molar-refractivity contribution in [2.75, 3.05) is 0 Å². The second-order valence-corrected chi connectivity index (χ2v) is 21.6. The van der Waals surface area contributed by atoms with Crippen molar-refractivity contribution < 1.29 is 0 Å². The second-order valence-electron chi connectivity index (χ2n) is 21.6. The van der Waals surface area contributed by atoms with E-state index in [1.54, 1.807) is 0 Å². The lowest BCUT2D eigenvalue weighted by atomic mass is 9.48. The summed E-state index contributed by atoms with van der Waals surface area (Å²) in [5, 5.41) is 0. The first-order valence-corrected chi connectivity index (χ1v) is 20.5. The molecule has 0 rings (SSSR count). The predicted molar refractivity (Wildman–Crippen MR) is 213 cm³/mol. The van der Waals surface area contributed by atoms with Crippen LogP contribution in [0.15, 0.2) is 0 Å². The van der Waals surface area contributed by atoms with Crippen molar-refractivity contribution in [1.82, 2.24) is 0 Å². The van der Waals surface area contributed by atoms with Crippen LogP contribution in [0.5, 0.6) is 0 Å². The minimum absolute atomic E-state index is 0.218. The number of rotatable bonds is 19. The monoisotopic (exact) mass is 647 g/mol. The summed E-state index contributed by atoms with van der Waals surface area (Å²) >= 11 is 0. The second kappa shape index (κ2) is 16.8.